The molecule has 0 heterocycles. The molecule has 2 aliphatic rings. The second-order valence-corrected chi connectivity index (χ2v) is 8.50. The van der Waals surface area contributed by atoms with Crippen molar-refractivity contribution in [2.75, 3.05) is 6.61 Å². The summed E-state index contributed by atoms with van der Waals surface area (Å²) in [6.07, 6.45) is 6.16. The van der Waals surface area contributed by atoms with Gasteiger partial charge in [0.15, 0.2) is 0 Å². The van der Waals surface area contributed by atoms with E-state index in [2.05, 4.69) is 26.8 Å². The Balaban J connectivity index is 2.09. The third-order valence-corrected chi connectivity index (χ3v) is 6.60. The Morgan fingerprint density at radius 3 is 2.64 bits per heavy atom. The lowest BCUT2D eigenvalue weighted by Crippen LogP contribution is -2.47. The number of aryl methyl sites for hydroxylation is 1. The summed E-state index contributed by atoms with van der Waals surface area (Å²) >= 11 is 0. The van der Waals surface area contributed by atoms with Crippen molar-refractivity contribution in [1.29, 1.82) is 0 Å². The maximum atomic E-state index is 10.5. The van der Waals surface area contributed by atoms with Crippen LogP contribution in [0.25, 0.3) is 0 Å². The highest BCUT2D eigenvalue weighted by Gasteiger charge is 2.49. The number of aromatic hydroxyl groups is 1. The van der Waals surface area contributed by atoms with E-state index in [-0.39, 0.29) is 17.9 Å². The van der Waals surface area contributed by atoms with E-state index in [0.717, 1.165) is 12.0 Å². The summed E-state index contributed by atoms with van der Waals surface area (Å²) in [7, 11) is 0. The molecule has 1 aromatic rings. The van der Waals surface area contributed by atoms with Crippen molar-refractivity contribution in [3.8, 4) is 5.75 Å². The van der Waals surface area contributed by atoms with Crippen LogP contribution in [-0.2, 0) is 11.8 Å². The third kappa shape index (κ3) is 2.27. The molecule has 1 aromatic carbocycles. The Hall–Kier alpha value is -1.02. The molecule has 1 unspecified atom stereocenters. The zero-order chi connectivity index (χ0) is 16.1. The lowest BCUT2D eigenvalue weighted by molar-refractivity contribution is 0.0405. The van der Waals surface area contributed by atoms with Gasteiger partial charge in [-0.25, -0.2) is 0 Å². The molecule has 3 atom stereocenters. The van der Waals surface area contributed by atoms with E-state index >= 15 is 0 Å². The number of benzene rings is 1. The fraction of sp³-hybridized carbons (Fsp3) is 0.700. The molecule has 2 nitrogen and oxygen atoms in total. The van der Waals surface area contributed by atoms with Gasteiger partial charge in [0.1, 0.15) is 5.75 Å². The number of aliphatic hydroxyl groups excluding tert-OH is 1. The monoisotopic (exact) mass is 302 g/mol. The highest BCUT2D eigenvalue weighted by atomic mass is 16.3. The number of hydrogen-bond acceptors (Lipinski definition) is 2. The molecule has 1 saturated carbocycles. The number of phenols is 1. The average Bonchev–Trinajstić information content (AvgIpc) is 2.45. The van der Waals surface area contributed by atoms with Crippen LogP contribution in [0.5, 0.6) is 5.75 Å². The van der Waals surface area contributed by atoms with E-state index in [9.17, 15) is 10.2 Å². The van der Waals surface area contributed by atoms with Crippen LogP contribution in [0.4, 0.5) is 0 Å². The summed E-state index contributed by atoms with van der Waals surface area (Å²) in [5, 5.41) is 19.9. The molecule has 0 radical (unpaired) electrons. The third-order valence-electron chi connectivity index (χ3n) is 6.60. The lowest BCUT2D eigenvalue weighted by Gasteiger charge is -2.54. The molecule has 0 amide bonds. The quantitative estimate of drug-likeness (QED) is 0.843. The summed E-state index contributed by atoms with van der Waals surface area (Å²) < 4.78 is 0. The number of rotatable bonds is 2. The van der Waals surface area contributed by atoms with E-state index in [1.807, 2.05) is 13.0 Å². The van der Waals surface area contributed by atoms with E-state index in [0.29, 0.717) is 17.1 Å². The molecule has 2 N–H and O–H groups in total. The van der Waals surface area contributed by atoms with E-state index in [4.69, 9.17) is 0 Å². The van der Waals surface area contributed by atoms with E-state index in [1.165, 1.54) is 36.8 Å². The molecule has 1 fully saturated rings. The van der Waals surface area contributed by atoms with Crippen LogP contribution in [0.15, 0.2) is 12.1 Å². The van der Waals surface area contributed by atoms with Gasteiger partial charge in [0.25, 0.3) is 0 Å². The minimum absolute atomic E-state index is 0.00127. The maximum Gasteiger partial charge on any atom is 0.119 e. The minimum atomic E-state index is -0.00127. The van der Waals surface area contributed by atoms with Crippen molar-refractivity contribution in [3.63, 3.8) is 0 Å². The molecule has 22 heavy (non-hydrogen) atoms. The fourth-order valence-corrected chi connectivity index (χ4v) is 5.34. The number of aliphatic hydroxyl groups is 1. The predicted molar refractivity (Wildman–Crippen MR) is 90.4 cm³/mol. The summed E-state index contributed by atoms with van der Waals surface area (Å²) in [4.78, 5) is 0. The first kappa shape index (κ1) is 15.9. The maximum absolute atomic E-state index is 10.5. The Morgan fingerprint density at radius 2 is 1.95 bits per heavy atom. The van der Waals surface area contributed by atoms with Gasteiger partial charge in [0, 0.05) is 12.5 Å². The summed E-state index contributed by atoms with van der Waals surface area (Å²) in [6, 6.07) is 4.18. The van der Waals surface area contributed by atoms with Crippen molar-refractivity contribution in [2.24, 2.45) is 11.3 Å². The first-order chi connectivity index (χ1) is 10.3. The standard InChI is InChI=1S/C20H30O2/c1-13(12-21)15-10-14-6-7-18-19(2,3)8-5-9-20(18,4)16(14)11-17(15)22/h10-11,13,18,21-22H,5-9,12H2,1-4H3/t13?,18-,20+/m1/s1. The van der Waals surface area contributed by atoms with E-state index < -0.39 is 0 Å². The molecule has 0 bridgehead atoms. The van der Waals surface area contributed by atoms with Crippen molar-refractivity contribution in [3.05, 3.63) is 28.8 Å². The molecule has 2 heteroatoms. The van der Waals surface area contributed by atoms with Crippen LogP contribution in [-0.4, -0.2) is 16.8 Å². The molecule has 3 rings (SSSR count). The number of phenolic OH excluding ortho intramolecular Hbond substituents is 1. The van der Waals surface area contributed by atoms with Gasteiger partial charge in [-0.1, -0.05) is 40.2 Å². The zero-order valence-corrected chi connectivity index (χ0v) is 14.4. The van der Waals surface area contributed by atoms with Crippen LogP contribution in [0.2, 0.25) is 0 Å². The zero-order valence-electron chi connectivity index (χ0n) is 14.4. The van der Waals surface area contributed by atoms with Crippen molar-refractivity contribution in [1.82, 2.24) is 0 Å². The summed E-state index contributed by atoms with van der Waals surface area (Å²) in [5.74, 6) is 1.06. The van der Waals surface area contributed by atoms with Gasteiger partial charge < -0.3 is 10.2 Å². The molecular formula is C20H30O2. The van der Waals surface area contributed by atoms with Crippen LogP contribution >= 0.6 is 0 Å². The Bertz CT molecular complexity index is 575. The Labute approximate surface area is 134 Å². The van der Waals surface area contributed by atoms with Crippen molar-refractivity contribution in [2.45, 2.75) is 71.1 Å². The molecule has 0 aromatic heterocycles. The van der Waals surface area contributed by atoms with Gasteiger partial charge in [-0.2, -0.15) is 0 Å². The van der Waals surface area contributed by atoms with E-state index in [1.54, 1.807) is 0 Å². The Kier molecular flexibility index (Phi) is 3.79. The fourth-order valence-electron chi connectivity index (χ4n) is 5.34. The molecular weight excluding hydrogens is 272 g/mol. The molecule has 0 aliphatic heterocycles. The van der Waals surface area contributed by atoms with Crippen LogP contribution < -0.4 is 0 Å². The van der Waals surface area contributed by atoms with Gasteiger partial charge in [-0.3, -0.25) is 0 Å². The molecule has 2 aliphatic carbocycles. The molecule has 0 saturated heterocycles. The highest BCUT2D eigenvalue weighted by Crippen LogP contribution is 2.57. The second kappa shape index (κ2) is 5.26. The van der Waals surface area contributed by atoms with Crippen molar-refractivity contribution >= 4 is 0 Å². The lowest BCUT2D eigenvalue weighted by atomic mass is 9.50. The van der Waals surface area contributed by atoms with Crippen LogP contribution in [0.1, 0.15) is 76.0 Å². The Morgan fingerprint density at radius 1 is 1.23 bits per heavy atom. The van der Waals surface area contributed by atoms with Gasteiger partial charge in [-0.15, -0.1) is 0 Å². The SMILES string of the molecule is CC(CO)c1cc2c(cc1O)[C@]1(C)CCCC(C)(C)[C@H]1CC2. The van der Waals surface area contributed by atoms with Gasteiger partial charge in [-0.05, 0) is 65.2 Å². The topological polar surface area (TPSA) is 40.5 Å². The summed E-state index contributed by atoms with van der Waals surface area (Å²) in [6.45, 7) is 9.30. The predicted octanol–water partition coefficient (Wildman–Crippen LogP) is 4.52. The van der Waals surface area contributed by atoms with Crippen molar-refractivity contribution < 1.29 is 10.2 Å². The van der Waals surface area contributed by atoms with Gasteiger partial charge >= 0.3 is 0 Å². The number of hydrogen-bond donors (Lipinski definition) is 2. The first-order valence-electron chi connectivity index (χ1n) is 8.77. The molecule has 0 spiro atoms. The average molecular weight is 302 g/mol. The first-order valence-corrected chi connectivity index (χ1v) is 8.77. The number of fused-ring (bicyclic) bond motifs is 3. The van der Waals surface area contributed by atoms with Crippen LogP contribution in [0, 0.1) is 11.3 Å². The van der Waals surface area contributed by atoms with Gasteiger partial charge in [0.2, 0.25) is 0 Å². The van der Waals surface area contributed by atoms with Crippen LogP contribution in [0.3, 0.4) is 0 Å². The molecule has 122 valence electrons. The highest BCUT2D eigenvalue weighted by molar-refractivity contribution is 5.49. The second-order valence-electron chi connectivity index (χ2n) is 8.50. The normalized spacial score (nSPS) is 31.2. The largest absolute Gasteiger partial charge is 0.508 e. The summed E-state index contributed by atoms with van der Waals surface area (Å²) in [5.41, 5.74) is 4.23. The minimum Gasteiger partial charge on any atom is -0.508 e. The smallest absolute Gasteiger partial charge is 0.119 e. The van der Waals surface area contributed by atoms with Gasteiger partial charge in [0.05, 0.1) is 0 Å².